The van der Waals surface area contributed by atoms with E-state index in [4.69, 9.17) is 0 Å². The van der Waals surface area contributed by atoms with E-state index in [9.17, 15) is 17.6 Å². The molecule has 0 aromatic heterocycles. The SMILES string of the molecule is O=C(NCCCS(=O)(=O)N1CCN(c2ccc(F)cc2)CC1)C(c1ccccc1)c1ccccc1. The van der Waals surface area contributed by atoms with Crippen molar-refractivity contribution in [2.24, 2.45) is 0 Å². The molecule has 8 heteroatoms. The first-order valence-corrected chi connectivity index (χ1v) is 13.4. The molecule has 184 valence electrons. The van der Waals surface area contributed by atoms with Gasteiger partial charge in [-0.3, -0.25) is 4.79 Å². The number of rotatable bonds is 9. The first kappa shape index (κ1) is 24.9. The van der Waals surface area contributed by atoms with Crippen molar-refractivity contribution < 1.29 is 17.6 Å². The van der Waals surface area contributed by atoms with Crippen molar-refractivity contribution in [2.75, 3.05) is 43.4 Å². The highest BCUT2D eigenvalue weighted by molar-refractivity contribution is 7.89. The molecule has 6 nitrogen and oxygen atoms in total. The van der Waals surface area contributed by atoms with E-state index in [0.717, 1.165) is 16.8 Å². The maximum atomic E-state index is 13.2. The second-order valence-electron chi connectivity index (χ2n) is 8.58. The standard InChI is InChI=1S/C27H30FN3O3S/c28-24-12-14-25(15-13-24)30-17-19-31(20-18-30)35(33,34)21-7-16-29-27(32)26(22-8-3-1-4-9-22)23-10-5-2-6-11-23/h1-6,8-15,26H,7,16-21H2,(H,29,32). The van der Waals surface area contributed by atoms with Gasteiger partial charge in [-0.15, -0.1) is 0 Å². The highest BCUT2D eigenvalue weighted by Gasteiger charge is 2.27. The number of piperazine rings is 1. The van der Waals surface area contributed by atoms with Gasteiger partial charge in [-0.05, 0) is 41.8 Å². The van der Waals surface area contributed by atoms with E-state index in [-0.39, 0.29) is 24.0 Å². The van der Waals surface area contributed by atoms with Gasteiger partial charge in [0.05, 0.1) is 11.7 Å². The molecule has 1 aliphatic heterocycles. The summed E-state index contributed by atoms with van der Waals surface area (Å²) in [5.41, 5.74) is 2.67. The molecule has 1 fully saturated rings. The zero-order chi connectivity index (χ0) is 24.7. The zero-order valence-electron chi connectivity index (χ0n) is 19.5. The van der Waals surface area contributed by atoms with Crippen LogP contribution in [0, 0.1) is 5.82 Å². The number of hydrogen-bond donors (Lipinski definition) is 1. The Morgan fingerprint density at radius 1 is 0.829 bits per heavy atom. The molecule has 0 radical (unpaired) electrons. The van der Waals surface area contributed by atoms with E-state index < -0.39 is 15.9 Å². The van der Waals surface area contributed by atoms with Crippen molar-refractivity contribution in [3.8, 4) is 0 Å². The molecule has 35 heavy (non-hydrogen) atoms. The lowest BCUT2D eigenvalue weighted by molar-refractivity contribution is -0.121. The Hall–Kier alpha value is -3.23. The highest BCUT2D eigenvalue weighted by atomic mass is 32.2. The summed E-state index contributed by atoms with van der Waals surface area (Å²) >= 11 is 0. The van der Waals surface area contributed by atoms with E-state index >= 15 is 0 Å². The predicted molar refractivity (Wildman–Crippen MR) is 136 cm³/mol. The van der Waals surface area contributed by atoms with Crippen LogP contribution in [0.5, 0.6) is 0 Å². The molecule has 0 saturated carbocycles. The minimum atomic E-state index is -3.42. The number of amides is 1. The van der Waals surface area contributed by atoms with Crippen LogP contribution in [0.15, 0.2) is 84.9 Å². The number of benzene rings is 3. The second-order valence-corrected chi connectivity index (χ2v) is 10.7. The average Bonchev–Trinajstić information content (AvgIpc) is 2.89. The quantitative estimate of drug-likeness (QED) is 0.461. The largest absolute Gasteiger partial charge is 0.369 e. The molecule has 0 spiro atoms. The van der Waals surface area contributed by atoms with Crippen molar-refractivity contribution in [1.82, 2.24) is 9.62 Å². The van der Waals surface area contributed by atoms with Crippen molar-refractivity contribution in [2.45, 2.75) is 12.3 Å². The van der Waals surface area contributed by atoms with Gasteiger partial charge in [0.2, 0.25) is 15.9 Å². The minimum Gasteiger partial charge on any atom is -0.369 e. The molecular formula is C27H30FN3O3S. The summed E-state index contributed by atoms with van der Waals surface area (Å²) < 4.78 is 40.3. The third-order valence-corrected chi connectivity index (χ3v) is 8.19. The van der Waals surface area contributed by atoms with Crippen LogP contribution in [0.4, 0.5) is 10.1 Å². The van der Waals surface area contributed by atoms with Crippen LogP contribution in [0.25, 0.3) is 0 Å². The van der Waals surface area contributed by atoms with Gasteiger partial charge in [-0.2, -0.15) is 4.31 Å². The zero-order valence-corrected chi connectivity index (χ0v) is 20.3. The molecule has 1 saturated heterocycles. The van der Waals surface area contributed by atoms with Crippen LogP contribution in [-0.2, 0) is 14.8 Å². The van der Waals surface area contributed by atoms with Gasteiger partial charge in [-0.1, -0.05) is 60.7 Å². The third-order valence-electron chi connectivity index (χ3n) is 6.23. The van der Waals surface area contributed by atoms with E-state index in [1.807, 2.05) is 60.7 Å². The van der Waals surface area contributed by atoms with Crippen LogP contribution in [0.2, 0.25) is 0 Å². The van der Waals surface area contributed by atoms with Crippen LogP contribution in [-0.4, -0.2) is 57.1 Å². The molecule has 1 amide bonds. The number of carbonyl (C=O) groups excluding carboxylic acids is 1. The lowest BCUT2D eigenvalue weighted by atomic mass is 9.90. The first-order chi connectivity index (χ1) is 16.9. The van der Waals surface area contributed by atoms with Crippen LogP contribution < -0.4 is 10.2 Å². The summed E-state index contributed by atoms with van der Waals surface area (Å²) in [5, 5.41) is 2.93. The van der Waals surface area contributed by atoms with Crippen LogP contribution in [0.3, 0.4) is 0 Å². The number of carbonyl (C=O) groups is 1. The average molecular weight is 496 g/mol. The molecular weight excluding hydrogens is 465 g/mol. The fourth-order valence-corrected chi connectivity index (χ4v) is 5.85. The Morgan fingerprint density at radius 3 is 1.91 bits per heavy atom. The molecule has 0 unspecified atom stereocenters. The van der Waals surface area contributed by atoms with Gasteiger partial charge in [0.25, 0.3) is 0 Å². The van der Waals surface area contributed by atoms with E-state index in [0.29, 0.717) is 32.6 Å². The number of nitrogens with one attached hydrogen (secondary N) is 1. The fourth-order valence-electron chi connectivity index (χ4n) is 4.36. The molecule has 3 aromatic carbocycles. The maximum absolute atomic E-state index is 13.2. The lowest BCUT2D eigenvalue weighted by Gasteiger charge is -2.35. The van der Waals surface area contributed by atoms with Crippen LogP contribution in [0.1, 0.15) is 23.5 Å². The number of anilines is 1. The van der Waals surface area contributed by atoms with Gasteiger partial charge in [0.15, 0.2) is 0 Å². The van der Waals surface area contributed by atoms with Crippen molar-refractivity contribution in [3.05, 3.63) is 102 Å². The monoisotopic (exact) mass is 495 g/mol. The van der Waals surface area contributed by atoms with Crippen molar-refractivity contribution in [3.63, 3.8) is 0 Å². The van der Waals surface area contributed by atoms with Gasteiger partial charge in [0.1, 0.15) is 5.82 Å². The van der Waals surface area contributed by atoms with E-state index in [1.165, 1.54) is 16.4 Å². The van der Waals surface area contributed by atoms with Gasteiger partial charge < -0.3 is 10.2 Å². The first-order valence-electron chi connectivity index (χ1n) is 11.8. The fraction of sp³-hybridized carbons (Fsp3) is 0.296. The predicted octanol–water partition coefficient (Wildman–Crippen LogP) is 3.62. The minimum absolute atomic E-state index is 0.0226. The van der Waals surface area contributed by atoms with Crippen molar-refractivity contribution in [1.29, 1.82) is 0 Å². The summed E-state index contributed by atoms with van der Waals surface area (Å²) in [4.78, 5) is 15.1. The third kappa shape index (κ3) is 6.46. The Labute approximate surface area is 206 Å². The Balaban J connectivity index is 1.28. The summed E-state index contributed by atoms with van der Waals surface area (Å²) in [7, 11) is -3.42. The van der Waals surface area contributed by atoms with Crippen molar-refractivity contribution >= 4 is 21.6 Å². The second kappa shape index (κ2) is 11.5. The van der Waals surface area contributed by atoms with Gasteiger partial charge in [-0.25, -0.2) is 12.8 Å². The molecule has 1 aliphatic rings. The van der Waals surface area contributed by atoms with E-state index in [1.54, 1.807) is 12.1 Å². The number of halogens is 1. The summed E-state index contributed by atoms with van der Waals surface area (Å²) in [5.74, 6) is -0.910. The smallest absolute Gasteiger partial charge is 0.232 e. The van der Waals surface area contributed by atoms with Crippen LogP contribution >= 0.6 is 0 Å². The number of sulfonamides is 1. The molecule has 1 N–H and O–H groups in total. The molecule has 0 aliphatic carbocycles. The lowest BCUT2D eigenvalue weighted by Crippen LogP contribution is -2.49. The molecule has 0 atom stereocenters. The molecule has 3 aromatic rings. The Morgan fingerprint density at radius 2 is 1.37 bits per heavy atom. The number of hydrogen-bond acceptors (Lipinski definition) is 4. The number of nitrogens with zero attached hydrogens (tertiary/aromatic N) is 2. The summed E-state index contributed by atoms with van der Waals surface area (Å²) in [6.45, 7) is 2.16. The highest BCUT2D eigenvalue weighted by Crippen LogP contribution is 2.25. The maximum Gasteiger partial charge on any atom is 0.232 e. The summed E-state index contributed by atoms with van der Waals surface area (Å²) in [6, 6.07) is 25.4. The van der Waals surface area contributed by atoms with E-state index in [2.05, 4.69) is 10.2 Å². The van der Waals surface area contributed by atoms with Gasteiger partial charge >= 0.3 is 0 Å². The Bertz CT molecular complexity index is 1160. The molecule has 0 bridgehead atoms. The summed E-state index contributed by atoms with van der Waals surface area (Å²) in [6.07, 6.45) is 0.336. The normalized spacial score (nSPS) is 14.7. The molecule has 4 rings (SSSR count). The topological polar surface area (TPSA) is 69.7 Å². The molecule has 1 heterocycles. The Kier molecular flexibility index (Phi) is 8.15. The van der Waals surface area contributed by atoms with Gasteiger partial charge in [0, 0.05) is 38.4 Å².